The van der Waals surface area contributed by atoms with E-state index < -0.39 is 4.92 Å². The van der Waals surface area contributed by atoms with E-state index >= 15 is 0 Å². The second-order valence-corrected chi connectivity index (χ2v) is 4.42. The SMILES string of the molecule is CCNc1ccc([N+](=O)[O-])c(C(=O)N2CCOCC2)c1. The maximum Gasteiger partial charge on any atom is 0.282 e. The third kappa shape index (κ3) is 3.05. The van der Waals surface area contributed by atoms with Crippen molar-refractivity contribution in [1.82, 2.24) is 4.90 Å². The van der Waals surface area contributed by atoms with E-state index in [0.29, 0.717) is 38.5 Å². The molecule has 0 saturated carbocycles. The number of nitrogens with one attached hydrogen (secondary N) is 1. The van der Waals surface area contributed by atoms with Crippen molar-refractivity contribution >= 4 is 17.3 Å². The minimum atomic E-state index is -0.524. The standard InChI is InChI=1S/C13H17N3O4/c1-2-14-10-3-4-12(16(18)19)11(9-10)13(17)15-5-7-20-8-6-15/h3-4,9,14H,2,5-8H2,1H3. The number of morpholine rings is 1. The van der Waals surface area contributed by atoms with Gasteiger partial charge in [0.2, 0.25) is 0 Å². The topological polar surface area (TPSA) is 84.7 Å². The van der Waals surface area contributed by atoms with Gasteiger partial charge < -0.3 is 15.0 Å². The summed E-state index contributed by atoms with van der Waals surface area (Å²) in [7, 11) is 0. The lowest BCUT2D eigenvalue weighted by Gasteiger charge is -2.26. The number of anilines is 1. The molecule has 7 nitrogen and oxygen atoms in total. The summed E-state index contributed by atoms with van der Waals surface area (Å²) >= 11 is 0. The summed E-state index contributed by atoms with van der Waals surface area (Å²) in [5.74, 6) is -0.320. The highest BCUT2D eigenvalue weighted by molar-refractivity contribution is 5.99. The zero-order valence-electron chi connectivity index (χ0n) is 11.3. The fraction of sp³-hybridized carbons (Fsp3) is 0.462. The van der Waals surface area contributed by atoms with E-state index in [0.717, 1.165) is 0 Å². The number of carbonyl (C=O) groups excluding carboxylic acids is 1. The Morgan fingerprint density at radius 2 is 2.15 bits per heavy atom. The Kier molecular flexibility index (Phi) is 4.52. The van der Waals surface area contributed by atoms with Crippen molar-refractivity contribution < 1.29 is 14.5 Å². The first-order valence-corrected chi connectivity index (χ1v) is 6.52. The molecule has 1 amide bonds. The van der Waals surface area contributed by atoms with Crippen LogP contribution in [0.5, 0.6) is 0 Å². The van der Waals surface area contributed by atoms with E-state index in [1.807, 2.05) is 6.92 Å². The molecule has 1 aromatic carbocycles. The van der Waals surface area contributed by atoms with Crippen LogP contribution in [0.25, 0.3) is 0 Å². The Hall–Kier alpha value is -2.15. The lowest BCUT2D eigenvalue weighted by Crippen LogP contribution is -2.40. The maximum atomic E-state index is 12.4. The molecule has 108 valence electrons. The molecule has 0 aromatic heterocycles. The molecule has 20 heavy (non-hydrogen) atoms. The fourth-order valence-electron chi connectivity index (χ4n) is 2.12. The molecule has 7 heteroatoms. The van der Waals surface area contributed by atoms with Gasteiger partial charge in [0, 0.05) is 31.4 Å². The van der Waals surface area contributed by atoms with Crippen LogP contribution in [-0.2, 0) is 4.74 Å². The zero-order chi connectivity index (χ0) is 14.5. The fourth-order valence-corrected chi connectivity index (χ4v) is 2.12. The van der Waals surface area contributed by atoms with Crippen LogP contribution in [0.3, 0.4) is 0 Å². The van der Waals surface area contributed by atoms with Crippen LogP contribution in [0.1, 0.15) is 17.3 Å². The second-order valence-electron chi connectivity index (χ2n) is 4.42. The first-order valence-electron chi connectivity index (χ1n) is 6.52. The van der Waals surface area contributed by atoms with Crippen LogP contribution in [-0.4, -0.2) is 48.6 Å². The summed E-state index contributed by atoms with van der Waals surface area (Å²) < 4.78 is 5.19. The van der Waals surface area contributed by atoms with Gasteiger partial charge in [-0.05, 0) is 19.1 Å². The Balaban J connectivity index is 2.32. The van der Waals surface area contributed by atoms with Crippen molar-refractivity contribution in [2.45, 2.75) is 6.92 Å². The van der Waals surface area contributed by atoms with Gasteiger partial charge in [0.1, 0.15) is 5.56 Å². The number of nitro groups is 1. The second kappa shape index (κ2) is 6.33. The molecule has 1 aliphatic rings. The molecule has 1 saturated heterocycles. The number of nitrogens with zero attached hydrogens (tertiary/aromatic N) is 2. The Bertz CT molecular complexity index is 512. The molecule has 1 N–H and O–H groups in total. The van der Waals surface area contributed by atoms with Gasteiger partial charge in [-0.1, -0.05) is 0 Å². The summed E-state index contributed by atoms with van der Waals surface area (Å²) in [5, 5.41) is 14.1. The van der Waals surface area contributed by atoms with Gasteiger partial charge in [-0.25, -0.2) is 0 Å². The zero-order valence-corrected chi connectivity index (χ0v) is 11.3. The molecule has 0 atom stereocenters. The lowest BCUT2D eigenvalue weighted by atomic mass is 10.1. The molecular weight excluding hydrogens is 262 g/mol. The summed E-state index contributed by atoms with van der Waals surface area (Å²) in [5.41, 5.74) is 0.660. The number of amides is 1. The molecule has 0 unspecified atom stereocenters. The summed E-state index contributed by atoms with van der Waals surface area (Å²) in [6.07, 6.45) is 0. The van der Waals surface area contributed by atoms with Crippen LogP contribution >= 0.6 is 0 Å². The van der Waals surface area contributed by atoms with Crippen LogP contribution in [0.2, 0.25) is 0 Å². The average molecular weight is 279 g/mol. The lowest BCUT2D eigenvalue weighted by molar-refractivity contribution is -0.385. The molecular formula is C13H17N3O4. The van der Waals surface area contributed by atoms with Crippen LogP contribution < -0.4 is 5.32 Å². The molecule has 1 aromatic rings. The van der Waals surface area contributed by atoms with Gasteiger partial charge in [-0.3, -0.25) is 14.9 Å². The van der Waals surface area contributed by atoms with Crippen LogP contribution in [0.4, 0.5) is 11.4 Å². The molecule has 0 aliphatic carbocycles. The minimum absolute atomic E-state index is 0.121. The number of rotatable bonds is 4. The summed E-state index contributed by atoms with van der Waals surface area (Å²) in [6, 6.07) is 4.52. The predicted octanol–water partition coefficient (Wildman–Crippen LogP) is 1.50. The van der Waals surface area contributed by atoms with Gasteiger partial charge in [-0.2, -0.15) is 0 Å². The normalized spacial score (nSPS) is 14.9. The van der Waals surface area contributed by atoms with Crippen LogP contribution in [0.15, 0.2) is 18.2 Å². The van der Waals surface area contributed by atoms with E-state index in [1.165, 1.54) is 6.07 Å². The highest BCUT2D eigenvalue weighted by Crippen LogP contribution is 2.24. The number of ether oxygens (including phenoxy) is 1. The maximum absolute atomic E-state index is 12.4. The van der Waals surface area contributed by atoms with E-state index in [1.54, 1.807) is 17.0 Å². The van der Waals surface area contributed by atoms with Crippen molar-refractivity contribution in [3.63, 3.8) is 0 Å². The smallest absolute Gasteiger partial charge is 0.282 e. The molecule has 1 aliphatic heterocycles. The van der Waals surface area contributed by atoms with E-state index in [9.17, 15) is 14.9 Å². The van der Waals surface area contributed by atoms with E-state index in [2.05, 4.69) is 5.32 Å². The Morgan fingerprint density at radius 3 is 2.75 bits per heavy atom. The van der Waals surface area contributed by atoms with Crippen LogP contribution in [0, 0.1) is 10.1 Å². The molecule has 1 heterocycles. The number of carbonyl (C=O) groups is 1. The van der Waals surface area contributed by atoms with Crippen molar-refractivity contribution in [1.29, 1.82) is 0 Å². The van der Waals surface area contributed by atoms with Crippen molar-refractivity contribution in [3.05, 3.63) is 33.9 Å². The predicted molar refractivity (Wildman–Crippen MR) is 74.0 cm³/mol. The van der Waals surface area contributed by atoms with Crippen molar-refractivity contribution in [2.24, 2.45) is 0 Å². The first-order chi connectivity index (χ1) is 9.63. The van der Waals surface area contributed by atoms with Crippen molar-refractivity contribution in [3.8, 4) is 0 Å². The average Bonchev–Trinajstić information content (AvgIpc) is 2.47. The summed E-state index contributed by atoms with van der Waals surface area (Å²) in [4.78, 5) is 24.5. The minimum Gasteiger partial charge on any atom is -0.385 e. The monoisotopic (exact) mass is 279 g/mol. The van der Waals surface area contributed by atoms with Gasteiger partial charge in [0.25, 0.3) is 11.6 Å². The molecule has 0 spiro atoms. The highest BCUT2D eigenvalue weighted by Gasteiger charge is 2.26. The van der Waals surface area contributed by atoms with Gasteiger partial charge in [0.05, 0.1) is 18.1 Å². The summed E-state index contributed by atoms with van der Waals surface area (Å²) in [6.45, 7) is 4.45. The van der Waals surface area contributed by atoms with E-state index in [4.69, 9.17) is 4.74 Å². The van der Waals surface area contributed by atoms with E-state index in [-0.39, 0.29) is 17.2 Å². The molecule has 1 fully saturated rings. The number of hydrogen-bond acceptors (Lipinski definition) is 5. The van der Waals surface area contributed by atoms with Gasteiger partial charge in [0.15, 0.2) is 0 Å². The molecule has 2 rings (SSSR count). The largest absolute Gasteiger partial charge is 0.385 e. The Labute approximate surface area is 116 Å². The number of hydrogen-bond donors (Lipinski definition) is 1. The quantitative estimate of drug-likeness (QED) is 0.667. The molecule has 0 radical (unpaired) electrons. The number of benzene rings is 1. The van der Waals surface area contributed by atoms with Gasteiger partial charge >= 0.3 is 0 Å². The third-order valence-corrected chi connectivity index (χ3v) is 3.10. The first kappa shape index (κ1) is 14.3. The number of nitro benzene ring substituents is 1. The highest BCUT2D eigenvalue weighted by atomic mass is 16.6. The Morgan fingerprint density at radius 1 is 1.45 bits per heavy atom. The van der Waals surface area contributed by atoms with Gasteiger partial charge in [-0.15, -0.1) is 0 Å². The molecule has 0 bridgehead atoms. The van der Waals surface area contributed by atoms with Crippen molar-refractivity contribution in [2.75, 3.05) is 38.2 Å². The third-order valence-electron chi connectivity index (χ3n) is 3.10.